The summed E-state index contributed by atoms with van der Waals surface area (Å²) in [5.74, 6) is 0.706. The highest BCUT2D eigenvalue weighted by atomic mass is 32.1. The van der Waals surface area contributed by atoms with Crippen LogP contribution in [0.15, 0.2) is 11.6 Å². The third-order valence-corrected chi connectivity index (χ3v) is 3.10. The largest absolute Gasteiger partial charge is 0.301 e. The highest BCUT2D eigenvalue weighted by Crippen LogP contribution is 2.18. The fourth-order valence-corrected chi connectivity index (χ4v) is 2.22. The Balaban J connectivity index is 1.93. The molecule has 1 N–H and O–H groups in total. The van der Waals surface area contributed by atoms with Gasteiger partial charge in [0.05, 0.1) is 19.6 Å². The first-order chi connectivity index (χ1) is 7.79. The topological polar surface area (TPSA) is 68.5 Å². The molecule has 1 atom stereocenters. The van der Waals surface area contributed by atoms with Gasteiger partial charge < -0.3 is 5.32 Å². The molecule has 86 valence electrons. The average molecular weight is 238 g/mol. The van der Waals surface area contributed by atoms with Crippen LogP contribution >= 0.6 is 11.3 Å². The molecule has 0 bridgehead atoms. The number of tetrazole rings is 1. The van der Waals surface area contributed by atoms with E-state index in [2.05, 4.69) is 32.6 Å². The highest BCUT2D eigenvalue weighted by molar-refractivity contribution is 7.09. The van der Waals surface area contributed by atoms with Gasteiger partial charge in [0, 0.05) is 11.6 Å². The zero-order valence-corrected chi connectivity index (χ0v) is 10.1. The van der Waals surface area contributed by atoms with E-state index < -0.39 is 0 Å². The zero-order valence-electron chi connectivity index (χ0n) is 9.29. The van der Waals surface area contributed by atoms with Crippen LogP contribution in [-0.4, -0.2) is 25.2 Å². The summed E-state index contributed by atoms with van der Waals surface area (Å²) >= 11 is 1.66. The smallest absolute Gasteiger partial charge is 0.188 e. The third kappa shape index (κ3) is 2.61. The number of nitrogens with one attached hydrogen (secondary N) is 1. The van der Waals surface area contributed by atoms with Crippen molar-refractivity contribution < 1.29 is 0 Å². The van der Waals surface area contributed by atoms with Crippen molar-refractivity contribution in [2.24, 2.45) is 7.05 Å². The fourth-order valence-electron chi connectivity index (χ4n) is 1.42. The van der Waals surface area contributed by atoms with Gasteiger partial charge >= 0.3 is 0 Å². The molecule has 0 aliphatic heterocycles. The Labute approximate surface area is 97.7 Å². The van der Waals surface area contributed by atoms with Crippen LogP contribution in [0.3, 0.4) is 0 Å². The number of thiazole rings is 1. The van der Waals surface area contributed by atoms with Gasteiger partial charge in [0.25, 0.3) is 0 Å². The van der Waals surface area contributed by atoms with Crippen molar-refractivity contribution in [3.63, 3.8) is 0 Å². The molecule has 0 aromatic carbocycles. The number of aryl methyl sites for hydroxylation is 1. The molecule has 0 amide bonds. The maximum atomic E-state index is 4.30. The maximum absolute atomic E-state index is 4.30. The molecule has 1 unspecified atom stereocenters. The molecule has 0 aliphatic carbocycles. The van der Waals surface area contributed by atoms with Crippen LogP contribution in [0, 0.1) is 0 Å². The standard InChI is InChI=1S/C9H14N6S/c1-3-7(9-10-4-5-16-9)11-6-8-12-14-15(2)13-8/h4-5,7,11H,3,6H2,1-2H3. The second kappa shape index (κ2) is 5.13. The molecule has 7 heteroatoms. The molecule has 2 heterocycles. The normalized spacial score (nSPS) is 12.9. The second-order valence-corrected chi connectivity index (χ2v) is 4.33. The molecule has 0 saturated heterocycles. The van der Waals surface area contributed by atoms with Crippen LogP contribution < -0.4 is 5.32 Å². The van der Waals surface area contributed by atoms with Gasteiger partial charge in [-0.15, -0.1) is 21.5 Å². The molecule has 0 saturated carbocycles. The van der Waals surface area contributed by atoms with Crippen molar-refractivity contribution in [2.45, 2.75) is 25.9 Å². The summed E-state index contributed by atoms with van der Waals surface area (Å²) in [6.07, 6.45) is 2.82. The molecule has 6 nitrogen and oxygen atoms in total. The number of hydrogen-bond donors (Lipinski definition) is 1. The minimum Gasteiger partial charge on any atom is -0.301 e. The first-order valence-corrected chi connectivity index (χ1v) is 6.03. The summed E-state index contributed by atoms with van der Waals surface area (Å²) in [4.78, 5) is 5.76. The van der Waals surface area contributed by atoms with E-state index in [1.54, 1.807) is 18.4 Å². The van der Waals surface area contributed by atoms with Gasteiger partial charge in [-0.2, -0.15) is 4.80 Å². The molecule has 0 fully saturated rings. The maximum Gasteiger partial charge on any atom is 0.188 e. The van der Waals surface area contributed by atoms with E-state index in [0.29, 0.717) is 12.4 Å². The Morgan fingerprint density at radius 2 is 2.44 bits per heavy atom. The van der Waals surface area contributed by atoms with Crippen molar-refractivity contribution >= 4 is 11.3 Å². The van der Waals surface area contributed by atoms with Crippen molar-refractivity contribution in [1.29, 1.82) is 0 Å². The molecule has 0 spiro atoms. The van der Waals surface area contributed by atoms with Crippen molar-refractivity contribution in [3.8, 4) is 0 Å². The molecular formula is C9H14N6S. The van der Waals surface area contributed by atoms with Gasteiger partial charge in [-0.3, -0.25) is 0 Å². The van der Waals surface area contributed by atoms with E-state index in [4.69, 9.17) is 0 Å². The van der Waals surface area contributed by atoms with Gasteiger partial charge in [0.15, 0.2) is 5.82 Å². The van der Waals surface area contributed by atoms with E-state index in [0.717, 1.165) is 11.4 Å². The molecule has 16 heavy (non-hydrogen) atoms. The summed E-state index contributed by atoms with van der Waals surface area (Å²) in [6.45, 7) is 2.75. The molecule has 2 rings (SSSR count). The Morgan fingerprint density at radius 1 is 1.56 bits per heavy atom. The summed E-state index contributed by atoms with van der Waals surface area (Å²) in [5.41, 5.74) is 0. The Kier molecular flexibility index (Phi) is 3.58. The minimum atomic E-state index is 0.267. The van der Waals surface area contributed by atoms with E-state index in [9.17, 15) is 0 Å². The van der Waals surface area contributed by atoms with Gasteiger partial charge in [-0.25, -0.2) is 4.98 Å². The first kappa shape index (κ1) is 11.2. The van der Waals surface area contributed by atoms with Crippen LogP contribution in [0.4, 0.5) is 0 Å². The lowest BCUT2D eigenvalue weighted by Gasteiger charge is -2.12. The summed E-state index contributed by atoms with van der Waals surface area (Å²) < 4.78 is 0. The lowest BCUT2D eigenvalue weighted by Crippen LogP contribution is -2.20. The predicted molar refractivity (Wildman–Crippen MR) is 60.8 cm³/mol. The Hall–Kier alpha value is -1.34. The number of nitrogens with zero attached hydrogens (tertiary/aromatic N) is 5. The van der Waals surface area contributed by atoms with Gasteiger partial charge in [0.1, 0.15) is 5.01 Å². The van der Waals surface area contributed by atoms with Gasteiger partial charge in [-0.1, -0.05) is 6.92 Å². The SMILES string of the molecule is CCC(NCc1nnn(C)n1)c1nccs1. The monoisotopic (exact) mass is 238 g/mol. The van der Waals surface area contributed by atoms with Crippen LogP contribution in [0.1, 0.15) is 30.2 Å². The molecular weight excluding hydrogens is 224 g/mol. The Morgan fingerprint density at radius 3 is 3.00 bits per heavy atom. The molecule has 2 aromatic heterocycles. The lowest BCUT2D eigenvalue weighted by molar-refractivity contribution is 0.505. The van der Waals surface area contributed by atoms with E-state index in [1.807, 2.05) is 11.6 Å². The summed E-state index contributed by atoms with van der Waals surface area (Å²) in [6, 6.07) is 0.267. The third-order valence-electron chi connectivity index (χ3n) is 2.21. The number of rotatable bonds is 5. The zero-order chi connectivity index (χ0) is 11.4. The van der Waals surface area contributed by atoms with Crippen LogP contribution in [0.5, 0.6) is 0 Å². The molecule has 0 aliphatic rings. The first-order valence-electron chi connectivity index (χ1n) is 5.15. The predicted octanol–water partition coefficient (Wildman–Crippen LogP) is 0.907. The van der Waals surface area contributed by atoms with Crippen molar-refractivity contribution in [2.75, 3.05) is 0 Å². The van der Waals surface area contributed by atoms with Gasteiger partial charge in [0.2, 0.25) is 0 Å². The fraction of sp³-hybridized carbons (Fsp3) is 0.556. The summed E-state index contributed by atoms with van der Waals surface area (Å²) in [5, 5.41) is 18.3. The minimum absolute atomic E-state index is 0.267. The van der Waals surface area contributed by atoms with E-state index >= 15 is 0 Å². The number of aromatic nitrogens is 5. The van der Waals surface area contributed by atoms with E-state index in [1.165, 1.54) is 4.80 Å². The quantitative estimate of drug-likeness (QED) is 0.838. The van der Waals surface area contributed by atoms with Crippen molar-refractivity contribution in [3.05, 3.63) is 22.4 Å². The molecule has 2 aromatic rings. The Bertz CT molecular complexity index is 423. The second-order valence-electron chi connectivity index (χ2n) is 3.41. The van der Waals surface area contributed by atoms with E-state index in [-0.39, 0.29) is 6.04 Å². The number of hydrogen-bond acceptors (Lipinski definition) is 6. The van der Waals surface area contributed by atoms with Crippen LogP contribution in [0.2, 0.25) is 0 Å². The van der Waals surface area contributed by atoms with Gasteiger partial charge in [-0.05, 0) is 11.6 Å². The van der Waals surface area contributed by atoms with Crippen LogP contribution in [-0.2, 0) is 13.6 Å². The van der Waals surface area contributed by atoms with Crippen LogP contribution in [0.25, 0.3) is 0 Å². The van der Waals surface area contributed by atoms with Crippen molar-refractivity contribution in [1.82, 2.24) is 30.5 Å². The molecule has 0 radical (unpaired) electrons. The average Bonchev–Trinajstić information content (AvgIpc) is 2.91. The highest BCUT2D eigenvalue weighted by Gasteiger charge is 2.12. The lowest BCUT2D eigenvalue weighted by atomic mass is 10.2. The summed E-state index contributed by atoms with van der Waals surface area (Å²) in [7, 11) is 1.76.